The molecule has 0 bridgehead atoms. The fourth-order valence-corrected chi connectivity index (χ4v) is 4.79. The Bertz CT molecular complexity index is 1120. The van der Waals surface area contributed by atoms with Crippen LogP contribution in [0.25, 0.3) is 4.83 Å². The lowest BCUT2D eigenvalue weighted by Crippen LogP contribution is -2.28. The van der Waals surface area contributed by atoms with E-state index in [-0.39, 0.29) is 5.91 Å². The van der Waals surface area contributed by atoms with Gasteiger partial charge < -0.3 is 4.90 Å². The maximum absolute atomic E-state index is 13.1. The molecule has 5 rings (SSSR count). The van der Waals surface area contributed by atoms with Crippen molar-refractivity contribution in [1.29, 1.82) is 0 Å². The topological polar surface area (TPSA) is 50.5 Å². The first-order chi connectivity index (χ1) is 13.8. The van der Waals surface area contributed by atoms with Crippen molar-refractivity contribution in [1.82, 2.24) is 19.3 Å². The lowest BCUT2D eigenvalue weighted by molar-refractivity contribution is 0.0790. The number of amides is 1. The number of carbonyl (C=O) groups is 1. The van der Waals surface area contributed by atoms with Crippen molar-refractivity contribution in [2.24, 2.45) is 0 Å². The Kier molecular flexibility index (Phi) is 4.41. The Morgan fingerprint density at radius 3 is 2.96 bits per heavy atom. The standard InChI is InChI=1S/C22H20N4OS/c27-21(17-6-8-23-19(13-17)12-16-4-2-1-3-5-16)25-9-7-18(14-25)20-22-26(15-24-20)10-11-28-22/h1-6,8,10-11,13,15,18H,7,9,12,14H2/t18-/m1/s1. The van der Waals surface area contributed by atoms with E-state index in [2.05, 4.69) is 31.9 Å². The molecule has 0 N–H and O–H groups in total. The highest BCUT2D eigenvalue weighted by Crippen LogP contribution is 2.31. The SMILES string of the molecule is O=C(c1ccnc(Cc2ccccc2)c1)N1CC[C@@H](c2ncn3ccsc23)C1. The molecular formula is C22H20N4OS. The van der Waals surface area contributed by atoms with E-state index in [4.69, 9.17) is 0 Å². The van der Waals surface area contributed by atoms with Gasteiger partial charge in [-0.25, -0.2) is 4.98 Å². The minimum Gasteiger partial charge on any atom is -0.338 e. The number of nitrogens with zero attached hydrogens (tertiary/aromatic N) is 4. The van der Waals surface area contributed by atoms with Crippen molar-refractivity contribution >= 4 is 22.1 Å². The fraction of sp³-hybridized carbons (Fsp3) is 0.227. The molecule has 0 aliphatic carbocycles. The van der Waals surface area contributed by atoms with E-state index >= 15 is 0 Å². The summed E-state index contributed by atoms with van der Waals surface area (Å²) in [7, 11) is 0. The third kappa shape index (κ3) is 3.20. The van der Waals surface area contributed by atoms with Crippen molar-refractivity contribution < 1.29 is 4.79 Å². The van der Waals surface area contributed by atoms with Crippen LogP contribution < -0.4 is 0 Å². The Hall–Kier alpha value is -2.99. The summed E-state index contributed by atoms with van der Waals surface area (Å²) in [6, 6.07) is 14.0. The normalized spacial score (nSPS) is 16.7. The van der Waals surface area contributed by atoms with Gasteiger partial charge in [-0.3, -0.25) is 14.2 Å². The van der Waals surface area contributed by atoms with Gasteiger partial charge in [-0.05, 0) is 24.1 Å². The minimum atomic E-state index is 0.0841. The van der Waals surface area contributed by atoms with Crippen molar-refractivity contribution in [2.75, 3.05) is 13.1 Å². The average Bonchev–Trinajstić information content (AvgIpc) is 3.45. The molecule has 4 aromatic rings. The lowest BCUT2D eigenvalue weighted by atomic mass is 10.1. The van der Waals surface area contributed by atoms with Gasteiger partial charge in [0.2, 0.25) is 0 Å². The first kappa shape index (κ1) is 17.1. The second-order valence-corrected chi connectivity index (χ2v) is 8.07. The van der Waals surface area contributed by atoms with E-state index in [1.54, 1.807) is 17.5 Å². The molecule has 5 nitrogen and oxygen atoms in total. The molecule has 1 saturated heterocycles. The number of hydrogen-bond acceptors (Lipinski definition) is 4. The number of benzene rings is 1. The zero-order valence-corrected chi connectivity index (χ0v) is 16.2. The molecular weight excluding hydrogens is 368 g/mol. The van der Waals surface area contributed by atoms with Crippen LogP contribution in [0.3, 0.4) is 0 Å². The number of pyridine rings is 1. The smallest absolute Gasteiger partial charge is 0.253 e. The number of thiazole rings is 1. The Balaban J connectivity index is 1.31. The van der Waals surface area contributed by atoms with Crippen LogP contribution in [-0.2, 0) is 6.42 Å². The highest BCUT2D eigenvalue weighted by molar-refractivity contribution is 7.15. The van der Waals surface area contributed by atoms with E-state index in [0.29, 0.717) is 11.5 Å². The third-order valence-electron chi connectivity index (χ3n) is 5.33. The van der Waals surface area contributed by atoms with Crippen LogP contribution in [0.2, 0.25) is 0 Å². The molecule has 1 aromatic carbocycles. The van der Waals surface area contributed by atoms with Gasteiger partial charge in [-0.2, -0.15) is 0 Å². The predicted molar refractivity (Wildman–Crippen MR) is 110 cm³/mol. The van der Waals surface area contributed by atoms with Crippen LogP contribution >= 0.6 is 11.3 Å². The van der Waals surface area contributed by atoms with Gasteiger partial charge in [-0.1, -0.05) is 30.3 Å². The fourth-order valence-electron chi connectivity index (χ4n) is 3.90. The number of imidazole rings is 1. The zero-order chi connectivity index (χ0) is 18.9. The summed E-state index contributed by atoms with van der Waals surface area (Å²) in [4.78, 5) is 25.2. The molecule has 0 saturated carbocycles. The molecule has 1 atom stereocenters. The number of likely N-dealkylation sites (tertiary alicyclic amines) is 1. The maximum Gasteiger partial charge on any atom is 0.253 e. The Morgan fingerprint density at radius 2 is 2.07 bits per heavy atom. The molecule has 6 heteroatoms. The quantitative estimate of drug-likeness (QED) is 0.531. The lowest BCUT2D eigenvalue weighted by Gasteiger charge is -2.16. The summed E-state index contributed by atoms with van der Waals surface area (Å²) in [5.74, 6) is 0.388. The summed E-state index contributed by atoms with van der Waals surface area (Å²) < 4.78 is 2.06. The molecule has 1 aliphatic rings. The van der Waals surface area contributed by atoms with Gasteiger partial charge in [0.05, 0.1) is 5.69 Å². The largest absolute Gasteiger partial charge is 0.338 e. The molecule has 140 valence electrons. The van der Waals surface area contributed by atoms with Crippen LogP contribution in [0.4, 0.5) is 0 Å². The van der Waals surface area contributed by atoms with E-state index < -0.39 is 0 Å². The molecule has 0 unspecified atom stereocenters. The summed E-state index contributed by atoms with van der Waals surface area (Å²) in [6.07, 6.45) is 7.32. The summed E-state index contributed by atoms with van der Waals surface area (Å²) in [5.41, 5.74) is 3.94. The van der Waals surface area contributed by atoms with Gasteiger partial charge in [0, 0.05) is 54.5 Å². The number of rotatable bonds is 4. The minimum absolute atomic E-state index is 0.0841. The van der Waals surface area contributed by atoms with E-state index in [1.165, 1.54) is 10.4 Å². The second-order valence-electron chi connectivity index (χ2n) is 7.18. The molecule has 1 amide bonds. The molecule has 1 fully saturated rings. The first-order valence-electron chi connectivity index (χ1n) is 9.46. The number of aromatic nitrogens is 3. The predicted octanol–water partition coefficient (Wildman–Crippen LogP) is 4.01. The zero-order valence-electron chi connectivity index (χ0n) is 15.4. The number of hydrogen-bond donors (Lipinski definition) is 0. The highest BCUT2D eigenvalue weighted by atomic mass is 32.1. The molecule has 3 aromatic heterocycles. The van der Waals surface area contributed by atoms with E-state index in [9.17, 15) is 4.79 Å². The molecule has 4 heterocycles. The van der Waals surface area contributed by atoms with Crippen LogP contribution in [0.1, 0.15) is 39.6 Å². The van der Waals surface area contributed by atoms with Crippen molar-refractivity contribution in [3.05, 3.63) is 89.1 Å². The van der Waals surface area contributed by atoms with Crippen LogP contribution in [0, 0.1) is 0 Å². The summed E-state index contributed by atoms with van der Waals surface area (Å²) in [5, 5.41) is 2.07. The van der Waals surface area contributed by atoms with Crippen molar-refractivity contribution in [2.45, 2.75) is 18.8 Å². The second kappa shape index (κ2) is 7.20. The van der Waals surface area contributed by atoms with Crippen molar-refractivity contribution in [3.8, 4) is 0 Å². The van der Waals surface area contributed by atoms with Gasteiger partial charge in [0.25, 0.3) is 5.91 Å². The van der Waals surface area contributed by atoms with Gasteiger partial charge in [0.1, 0.15) is 11.2 Å². The van der Waals surface area contributed by atoms with Gasteiger partial charge >= 0.3 is 0 Å². The summed E-state index contributed by atoms with van der Waals surface area (Å²) >= 11 is 1.71. The summed E-state index contributed by atoms with van der Waals surface area (Å²) in [6.45, 7) is 1.49. The maximum atomic E-state index is 13.1. The number of fused-ring (bicyclic) bond motifs is 1. The molecule has 28 heavy (non-hydrogen) atoms. The van der Waals surface area contributed by atoms with Crippen LogP contribution in [0.5, 0.6) is 0 Å². The van der Waals surface area contributed by atoms with Crippen LogP contribution in [-0.4, -0.2) is 38.3 Å². The Morgan fingerprint density at radius 1 is 1.18 bits per heavy atom. The Labute approximate surface area is 167 Å². The molecule has 0 radical (unpaired) electrons. The van der Waals surface area contributed by atoms with E-state index in [1.807, 2.05) is 47.8 Å². The van der Waals surface area contributed by atoms with Gasteiger partial charge in [0.15, 0.2) is 0 Å². The molecule has 0 spiro atoms. The molecule has 1 aliphatic heterocycles. The average molecular weight is 388 g/mol. The van der Waals surface area contributed by atoms with E-state index in [0.717, 1.165) is 37.3 Å². The number of carbonyl (C=O) groups excluding carboxylic acids is 1. The van der Waals surface area contributed by atoms with Crippen LogP contribution in [0.15, 0.2) is 66.6 Å². The monoisotopic (exact) mass is 388 g/mol. The van der Waals surface area contributed by atoms with Crippen molar-refractivity contribution in [3.63, 3.8) is 0 Å². The van der Waals surface area contributed by atoms with Gasteiger partial charge in [-0.15, -0.1) is 11.3 Å². The highest BCUT2D eigenvalue weighted by Gasteiger charge is 2.30. The third-order valence-corrected chi connectivity index (χ3v) is 6.23. The first-order valence-corrected chi connectivity index (χ1v) is 10.3.